The van der Waals surface area contributed by atoms with Gasteiger partial charge < -0.3 is 9.32 Å². The summed E-state index contributed by atoms with van der Waals surface area (Å²) in [6.45, 7) is 12.2. The summed E-state index contributed by atoms with van der Waals surface area (Å²) in [6, 6.07) is 8.68. The second-order valence-electron chi connectivity index (χ2n) is 9.84. The maximum atomic E-state index is 13.0. The third-order valence-corrected chi connectivity index (χ3v) is 6.61. The van der Waals surface area contributed by atoms with E-state index in [2.05, 4.69) is 48.0 Å². The van der Waals surface area contributed by atoms with E-state index >= 15 is 0 Å². The van der Waals surface area contributed by atoms with Gasteiger partial charge in [-0.05, 0) is 55.3 Å². The maximum absolute atomic E-state index is 13.0. The average molecular weight is 411 g/mol. The monoisotopic (exact) mass is 410 g/mol. The molecule has 0 N–H and O–H groups in total. The van der Waals surface area contributed by atoms with Crippen molar-refractivity contribution in [3.05, 3.63) is 47.2 Å². The largest absolute Gasteiger partial charge is 0.425 e. The second-order valence-corrected chi connectivity index (χ2v) is 9.84. The lowest BCUT2D eigenvalue weighted by Crippen LogP contribution is -2.49. The van der Waals surface area contributed by atoms with Crippen LogP contribution in [-0.2, 0) is 5.41 Å². The normalized spacial score (nSPS) is 21.7. The molecule has 1 aromatic heterocycles. The number of carbonyl (C=O) groups is 1. The summed E-state index contributed by atoms with van der Waals surface area (Å²) < 4.78 is 5.68. The number of piperidine rings is 2. The Bertz CT molecular complexity index is 860. The van der Waals surface area contributed by atoms with Gasteiger partial charge in [-0.2, -0.15) is 0 Å². The molecule has 1 aromatic carbocycles. The maximum Gasteiger partial charge on any atom is 0.253 e. The van der Waals surface area contributed by atoms with Gasteiger partial charge in [0.15, 0.2) is 0 Å². The third-order valence-electron chi connectivity index (χ3n) is 6.61. The lowest BCUT2D eigenvalue weighted by Gasteiger charge is -2.41. The minimum absolute atomic E-state index is 0.103. The summed E-state index contributed by atoms with van der Waals surface area (Å²) in [5, 5.41) is 8.24. The van der Waals surface area contributed by atoms with Crippen LogP contribution in [0.2, 0.25) is 0 Å². The van der Waals surface area contributed by atoms with Gasteiger partial charge in [0, 0.05) is 38.2 Å². The van der Waals surface area contributed by atoms with Crippen LogP contribution in [0.5, 0.6) is 0 Å². The molecule has 2 aliphatic rings. The van der Waals surface area contributed by atoms with E-state index in [0.29, 0.717) is 17.9 Å². The lowest BCUT2D eigenvalue weighted by molar-refractivity contribution is 0.0561. The molecule has 2 aromatic rings. The zero-order valence-corrected chi connectivity index (χ0v) is 18.7. The Morgan fingerprint density at radius 3 is 2.33 bits per heavy atom. The van der Waals surface area contributed by atoms with E-state index in [9.17, 15) is 4.79 Å². The van der Waals surface area contributed by atoms with Crippen molar-refractivity contribution in [3.63, 3.8) is 0 Å². The van der Waals surface area contributed by atoms with Crippen LogP contribution in [0, 0.1) is 6.92 Å². The van der Waals surface area contributed by atoms with Crippen molar-refractivity contribution in [3.8, 4) is 0 Å². The predicted octanol–water partition coefficient (Wildman–Crippen LogP) is 4.16. The van der Waals surface area contributed by atoms with Crippen LogP contribution in [0.4, 0.5) is 0 Å². The number of nitrogens with zero attached hydrogens (tertiary/aromatic N) is 4. The zero-order valence-electron chi connectivity index (χ0n) is 18.7. The standard InChI is InChI=1S/C24H34N4O2/c1-17-25-26-22(30-17)19-6-5-13-28(16-19)21-11-14-27(15-12-21)23(29)18-7-9-20(10-8-18)24(2,3)4/h7-10,19,21H,5-6,11-16H2,1-4H3. The van der Waals surface area contributed by atoms with Crippen LogP contribution >= 0.6 is 0 Å². The van der Waals surface area contributed by atoms with E-state index in [1.54, 1.807) is 0 Å². The quantitative estimate of drug-likeness (QED) is 0.760. The van der Waals surface area contributed by atoms with Crippen LogP contribution in [0.3, 0.4) is 0 Å². The van der Waals surface area contributed by atoms with Crippen molar-refractivity contribution < 1.29 is 9.21 Å². The van der Waals surface area contributed by atoms with E-state index in [-0.39, 0.29) is 11.3 Å². The van der Waals surface area contributed by atoms with Crippen molar-refractivity contribution in [2.24, 2.45) is 0 Å². The number of aromatic nitrogens is 2. The molecule has 0 saturated carbocycles. The van der Waals surface area contributed by atoms with Crippen molar-refractivity contribution in [1.82, 2.24) is 20.0 Å². The Kier molecular flexibility index (Phi) is 5.96. The summed E-state index contributed by atoms with van der Waals surface area (Å²) in [5.41, 5.74) is 2.16. The van der Waals surface area contributed by atoms with E-state index in [1.807, 2.05) is 24.0 Å². The van der Waals surface area contributed by atoms with Gasteiger partial charge in [0.25, 0.3) is 5.91 Å². The molecule has 1 amide bonds. The summed E-state index contributed by atoms with van der Waals surface area (Å²) in [6.07, 6.45) is 4.33. The highest BCUT2D eigenvalue weighted by Gasteiger charge is 2.32. The van der Waals surface area contributed by atoms with Crippen molar-refractivity contribution in [2.75, 3.05) is 26.2 Å². The first-order chi connectivity index (χ1) is 14.3. The minimum Gasteiger partial charge on any atom is -0.425 e. The third kappa shape index (κ3) is 4.59. The summed E-state index contributed by atoms with van der Waals surface area (Å²) in [5.74, 6) is 1.92. The van der Waals surface area contributed by atoms with Gasteiger partial charge >= 0.3 is 0 Å². The average Bonchev–Trinajstić information content (AvgIpc) is 3.19. The number of aryl methyl sites for hydroxylation is 1. The highest BCUT2D eigenvalue weighted by Crippen LogP contribution is 2.30. The van der Waals surface area contributed by atoms with Crippen LogP contribution in [0.15, 0.2) is 28.7 Å². The first-order valence-electron chi connectivity index (χ1n) is 11.2. The van der Waals surface area contributed by atoms with E-state index in [1.165, 1.54) is 5.56 Å². The predicted molar refractivity (Wildman–Crippen MR) is 117 cm³/mol. The SMILES string of the molecule is Cc1nnc(C2CCCN(C3CCN(C(=O)c4ccc(C(C)(C)C)cc4)CC3)C2)o1. The fourth-order valence-corrected chi connectivity index (χ4v) is 4.75. The van der Waals surface area contributed by atoms with Crippen molar-refractivity contribution >= 4 is 5.91 Å². The summed E-state index contributed by atoms with van der Waals surface area (Å²) in [7, 11) is 0. The highest BCUT2D eigenvalue weighted by molar-refractivity contribution is 5.94. The van der Waals surface area contributed by atoms with Gasteiger partial charge in [0.2, 0.25) is 11.8 Å². The fraction of sp³-hybridized carbons (Fsp3) is 0.625. The Labute approximate surface area is 179 Å². The molecule has 3 heterocycles. The number of hydrogen-bond donors (Lipinski definition) is 0. The molecule has 2 aliphatic heterocycles. The molecule has 2 fully saturated rings. The van der Waals surface area contributed by atoms with E-state index < -0.39 is 0 Å². The molecule has 0 radical (unpaired) electrons. The summed E-state index contributed by atoms with van der Waals surface area (Å²) >= 11 is 0. The van der Waals surface area contributed by atoms with Crippen LogP contribution in [-0.4, -0.2) is 58.1 Å². The Morgan fingerprint density at radius 2 is 1.73 bits per heavy atom. The van der Waals surface area contributed by atoms with Crippen LogP contribution in [0.25, 0.3) is 0 Å². The summed E-state index contributed by atoms with van der Waals surface area (Å²) in [4.78, 5) is 17.6. The van der Waals surface area contributed by atoms with Crippen LogP contribution < -0.4 is 0 Å². The van der Waals surface area contributed by atoms with Crippen LogP contribution in [0.1, 0.15) is 80.1 Å². The fourth-order valence-electron chi connectivity index (χ4n) is 4.75. The molecule has 6 nitrogen and oxygen atoms in total. The topological polar surface area (TPSA) is 62.5 Å². The van der Waals surface area contributed by atoms with E-state index in [0.717, 1.165) is 63.3 Å². The zero-order chi connectivity index (χ0) is 21.3. The molecule has 0 spiro atoms. The first kappa shape index (κ1) is 21.0. The molecule has 4 rings (SSSR count). The number of hydrogen-bond acceptors (Lipinski definition) is 5. The Morgan fingerprint density at radius 1 is 1.03 bits per heavy atom. The molecule has 1 atom stereocenters. The van der Waals surface area contributed by atoms with Crippen molar-refractivity contribution in [1.29, 1.82) is 0 Å². The lowest BCUT2D eigenvalue weighted by atomic mass is 9.86. The molecular formula is C24H34N4O2. The van der Waals surface area contributed by atoms with Crippen molar-refractivity contribution in [2.45, 2.75) is 70.8 Å². The number of rotatable bonds is 3. The van der Waals surface area contributed by atoms with Gasteiger partial charge in [0.1, 0.15) is 0 Å². The highest BCUT2D eigenvalue weighted by atomic mass is 16.4. The molecule has 30 heavy (non-hydrogen) atoms. The smallest absolute Gasteiger partial charge is 0.253 e. The van der Waals surface area contributed by atoms with Gasteiger partial charge in [-0.25, -0.2) is 0 Å². The number of amides is 1. The van der Waals surface area contributed by atoms with Gasteiger partial charge in [-0.3, -0.25) is 9.69 Å². The number of benzene rings is 1. The molecule has 2 saturated heterocycles. The second kappa shape index (κ2) is 8.50. The van der Waals surface area contributed by atoms with Gasteiger partial charge in [-0.15, -0.1) is 10.2 Å². The molecule has 0 bridgehead atoms. The number of likely N-dealkylation sites (tertiary alicyclic amines) is 2. The molecular weight excluding hydrogens is 376 g/mol. The number of carbonyl (C=O) groups excluding carboxylic acids is 1. The molecule has 162 valence electrons. The Balaban J connectivity index is 1.32. The minimum atomic E-state index is 0.103. The molecule has 0 aliphatic carbocycles. The first-order valence-corrected chi connectivity index (χ1v) is 11.2. The van der Waals surface area contributed by atoms with E-state index in [4.69, 9.17) is 4.42 Å². The molecule has 6 heteroatoms. The molecule has 1 unspecified atom stereocenters. The Hall–Kier alpha value is -2.21. The van der Waals surface area contributed by atoms with Gasteiger partial charge in [0.05, 0.1) is 5.92 Å². The van der Waals surface area contributed by atoms with Gasteiger partial charge in [-0.1, -0.05) is 32.9 Å².